The van der Waals surface area contributed by atoms with Gasteiger partial charge in [0.15, 0.2) is 22.3 Å². The first-order chi connectivity index (χ1) is 46.9. The standard InChI is InChI=1S/C90H64N2O4/c1-87(2,3)89(67-41-17-11-35-65(67)81-59-33-9-7-27-53(59)75(51-69(81)89)91(71-43-23-37-61-55-29-13-19-47-77(55)93-83(61)71)72-44-24-38-62-56-30-14-20-48-78(56)94-84(62)72)90(88(4,5)6)68-42-18-12-36-66(68)82-60-34-10-8-28-54(60)76(52-70(82)90)92(73-45-25-39-63-57-31-15-21-49-79(57)95-85(63)73)74-46-26-40-64-58-32-16-22-50-80(58)96-86(64)74/h7-52H,1-6H3. The molecular formula is C90H64N2O4. The molecule has 0 bridgehead atoms. The number of benzene rings is 14. The Bertz CT molecular complexity index is 5740. The van der Waals surface area contributed by atoms with Crippen LogP contribution in [-0.4, -0.2) is 0 Å². The fourth-order valence-electron chi connectivity index (χ4n) is 18.6. The topological polar surface area (TPSA) is 59.0 Å². The first-order valence-corrected chi connectivity index (χ1v) is 33.5. The molecule has 2 unspecified atom stereocenters. The fourth-order valence-corrected chi connectivity index (χ4v) is 18.6. The van der Waals surface area contributed by atoms with Gasteiger partial charge in [0, 0.05) is 64.7 Å². The van der Waals surface area contributed by atoms with Crippen molar-refractivity contribution in [2.45, 2.75) is 52.4 Å². The zero-order valence-corrected chi connectivity index (χ0v) is 54.1. The van der Waals surface area contributed by atoms with Gasteiger partial charge in [0.1, 0.15) is 22.3 Å². The lowest BCUT2D eigenvalue weighted by molar-refractivity contribution is 0.0595. The SMILES string of the molecule is CC(C)(C)C1(C2(C(C)(C)C)c3ccccc3-c3c2cc(N(c2cccc4c2oc2ccccc24)c2cccc4c2oc2ccccc24)c2ccccc32)c2ccccc2-c2c1cc(N(c1cccc3c1oc1ccccc13)c1cccc3c1oc1ccccc13)c1ccccc21. The van der Waals surface area contributed by atoms with Crippen LogP contribution in [0.3, 0.4) is 0 Å². The first kappa shape index (κ1) is 54.9. The molecule has 0 amide bonds. The number of rotatable bonds is 7. The van der Waals surface area contributed by atoms with Crippen LogP contribution in [0.4, 0.5) is 34.1 Å². The molecule has 0 saturated heterocycles. The van der Waals surface area contributed by atoms with E-state index in [1.54, 1.807) is 0 Å². The number of hydrogen-bond donors (Lipinski definition) is 0. The average Bonchev–Trinajstić information content (AvgIpc) is 1.44. The monoisotopic (exact) mass is 1240 g/mol. The summed E-state index contributed by atoms with van der Waals surface area (Å²) in [4.78, 5) is 4.94. The molecule has 0 saturated carbocycles. The molecule has 18 aromatic rings. The zero-order chi connectivity index (χ0) is 64.1. The Morgan fingerprint density at radius 3 is 0.781 bits per heavy atom. The number of anilines is 6. The molecule has 2 atom stereocenters. The maximum Gasteiger partial charge on any atom is 0.159 e. The molecule has 0 fully saturated rings. The van der Waals surface area contributed by atoms with E-state index < -0.39 is 21.7 Å². The second kappa shape index (κ2) is 19.5. The summed E-state index contributed by atoms with van der Waals surface area (Å²) in [7, 11) is 0. The molecule has 96 heavy (non-hydrogen) atoms. The van der Waals surface area contributed by atoms with Gasteiger partial charge in [-0.2, -0.15) is 0 Å². The highest BCUT2D eigenvalue weighted by Crippen LogP contribution is 2.76. The Labute approximate surface area is 554 Å². The Kier molecular flexibility index (Phi) is 11.2. The molecule has 0 radical (unpaired) electrons. The molecule has 4 aromatic heterocycles. The molecule has 458 valence electrons. The summed E-state index contributed by atoms with van der Waals surface area (Å²) < 4.78 is 28.7. The summed E-state index contributed by atoms with van der Waals surface area (Å²) in [5, 5.41) is 13.0. The number of fused-ring (bicyclic) bond motifs is 22. The van der Waals surface area contributed by atoms with Crippen molar-refractivity contribution in [3.8, 4) is 22.3 Å². The molecule has 2 aliphatic rings. The molecule has 0 spiro atoms. The number of hydrogen-bond acceptors (Lipinski definition) is 6. The third-order valence-electron chi connectivity index (χ3n) is 21.8. The van der Waals surface area contributed by atoms with Crippen molar-refractivity contribution in [3.63, 3.8) is 0 Å². The van der Waals surface area contributed by atoms with Crippen LogP contribution in [0.5, 0.6) is 0 Å². The fraction of sp³-hybridized carbons (Fsp3) is 0.111. The third kappa shape index (κ3) is 6.99. The Hall–Kier alpha value is -11.6. The lowest BCUT2D eigenvalue weighted by Crippen LogP contribution is -2.62. The van der Waals surface area contributed by atoms with Crippen LogP contribution in [-0.2, 0) is 10.8 Å². The maximum atomic E-state index is 7.17. The molecule has 20 rings (SSSR count). The van der Waals surface area contributed by atoms with Crippen molar-refractivity contribution in [3.05, 3.63) is 301 Å². The minimum absolute atomic E-state index is 0.538. The summed E-state index contributed by atoms with van der Waals surface area (Å²) in [6.45, 7) is 15.1. The van der Waals surface area contributed by atoms with E-state index in [1.165, 1.54) is 55.3 Å². The third-order valence-corrected chi connectivity index (χ3v) is 21.8. The number of para-hydroxylation sites is 8. The summed E-state index contributed by atoms with van der Waals surface area (Å²) in [6.07, 6.45) is 0. The van der Waals surface area contributed by atoms with Crippen LogP contribution in [0.25, 0.3) is 132 Å². The van der Waals surface area contributed by atoms with E-state index in [1.807, 2.05) is 0 Å². The first-order valence-electron chi connectivity index (χ1n) is 33.5. The Balaban J connectivity index is 0.955. The second-order valence-corrected chi connectivity index (χ2v) is 28.5. The summed E-state index contributed by atoms with van der Waals surface area (Å²) in [5.41, 5.74) is 19.5. The summed E-state index contributed by atoms with van der Waals surface area (Å²) in [5.74, 6) is 0. The lowest BCUT2D eigenvalue weighted by Gasteiger charge is -2.62. The zero-order valence-electron chi connectivity index (χ0n) is 54.1. The minimum Gasteiger partial charge on any atom is -0.454 e. The van der Waals surface area contributed by atoms with Gasteiger partial charge in [-0.25, -0.2) is 0 Å². The van der Waals surface area contributed by atoms with Crippen LogP contribution < -0.4 is 9.80 Å². The summed E-state index contributed by atoms with van der Waals surface area (Å²) in [6, 6.07) is 102. The minimum atomic E-state index is -0.852. The van der Waals surface area contributed by atoms with Crippen LogP contribution in [0.1, 0.15) is 63.8 Å². The largest absolute Gasteiger partial charge is 0.454 e. The molecule has 14 aromatic carbocycles. The Morgan fingerprint density at radius 2 is 0.479 bits per heavy atom. The van der Waals surface area contributed by atoms with Gasteiger partial charge in [-0.05, 0) is 127 Å². The highest BCUT2D eigenvalue weighted by atomic mass is 16.3. The highest BCUT2D eigenvalue weighted by molar-refractivity contribution is 6.21. The van der Waals surface area contributed by atoms with Crippen molar-refractivity contribution in [1.82, 2.24) is 0 Å². The van der Waals surface area contributed by atoms with Gasteiger partial charge in [0.25, 0.3) is 0 Å². The molecular weight excluding hydrogens is 1170 g/mol. The van der Waals surface area contributed by atoms with E-state index >= 15 is 0 Å². The van der Waals surface area contributed by atoms with E-state index in [0.29, 0.717) is 0 Å². The number of nitrogens with zero attached hydrogens (tertiary/aromatic N) is 2. The van der Waals surface area contributed by atoms with Crippen molar-refractivity contribution in [2.75, 3.05) is 9.80 Å². The Morgan fingerprint density at radius 1 is 0.229 bits per heavy atom. The molecule has 2 aliphatic carbocycles. The smallest absolute Gasteiger partial charge is 0.159 e. The van der Waals surface area contributed by atoms with Crippen LogP contribution in [0.15, 0.2) is 297 Å². The normalized spacial score (nSPS) is 16.1. The van der Waals surface area contributed by atoms with Gasteiger partial charge < -0.3 is 27.5 Å². The van der Waals surface area contributed by atoms with Crippen LogP contribution in [0.2, 0.25) is 0 Å². The lowest BCUT2D eigenvalue weighted by atomic mass is 9.39. The van der Waals surface area contributed by atoms with Gasteiger partial charge in [-0.15, -0.1) is 0 Å². The van der Waals surface area contributed by atoms with Crippen molar-refractivity contribution >= 4 is 143 Å². The van der Waals surface area contributed by atoms with Crippen molar-refractivity contribution in [1.29, 1.82) is 0 Å². The molecule has 6 nitrogen and oxygen atoms in total. The number of furan rings is 4. The van der Waals surface area contributed by atoms with E-state index in [2.05, 4.69) is 330 Å². The van der Waals surface area contributed by atoms with E-state index in [4.69, 9.17) is 17.7 Å². The molecule has 0 aliphatic heterocycles. The van der Waals surface area contributed by atoms with Crippen LogP contribution in [0, 0.1) is 10.8 Å². The molecule has 4 heterocycles. The van der Waals surface area contributed by atoms with Gasteiger partial charge in [-0.3, -0.25) is 0 Å². The maximum absolute atomic E-state index is 7.17. The van der Waals surface area contributed by atoms with E-state index in [-0.39, 0.29) is 0 Å². The molecule has 6 heteroatoms. The predicted octanol–water partition coefficient (Wildman–Crippen LogP) is 25.9. The molecule has 0 N–H and O–H groups in total. The van der Waals surface area contributed by atoms with Crippen molar-refractivity contribution in [2.24, 2.45) is 10.8 Å². The van der Waals surface area contributed by atoms with Crippen molar-refractivity contribution < 1.29 is 17.7 Å². The van der Waals surface area contributed by atoms with Gasteiger partial charge >= 0.3 is 0 Å². The second-order valence-electron chi connectivity index (χ2n) is 28.5. The van der Waals surface area contributed by atoms with Gasteiger partial charge in [-0.1, -0.05) is 260 Å². The van der Waals surface area contributed by atoms with Gasteiger partial charge in [0.2, 0.25) is 0 Å². The predicted molar refractivity (Wildman–Crippen MR) is 398 cm³/mol. The van der Waals surface area contributed by atoms with E-state index in [9.17, 15) is 0 Å². The van der Waals surface area contributed by atoms with Crippen LogP contribution >= 0.6 is 0 Å². The van der Waals surface area contributed by atoms with E-state index in [0.717, 1.165) is 133 Å². The average molecular weight is 1240 g/mol. The highest BCUT2D eigenvalue weighted by Gasteiger charge is 2.71. The van der Waals surface area contributed by atoms with Gasteiger partial charge in [0.05, 0.1) is 34.1 Å². The summed E-state index contributed by atoms with van der Waals surface area (Å²) >= 11 is 0. The quantitative estimate of drug-likeness (QED) is 0.158.